The van der Waals surface area contributed by atoms with Gasteiger partial charge in [0.2, 0.25) is 0 Å². The van der Waals surface area contributed by atoms with Gasteiger partial charge in [-0.1, -0.05) is 32.0 Å². The van der Waals surface area contributed by atoms with Gasteiger partial charge in [0.05, 0.1) is 6.61 Å². The summed E-state index contributed by atoms with van der Waals surface area (Å²) < 4.78 is 5.71. The fourth-order valence-electron chi connectivity index (χ4n) is 3.27. The average Bonchev–Trinajstić information content (AvgIpc) is 2.71. The normalized spacial score (nSPS) is 17.5. The van der Waals surface area contributed by atoms with Gasteiger partial charge in [-0.05, 0) is 31.0 Å². The van der Waals surface area contributed by atoms with E-state index in [1.807, 2.05) is 37.4 Å². The molecular formula is C21H37N5O. The van der Waals surface area contributed by atoms with E-state index in [2.05, 4.69) is 39.3 Å². The Morgan fingerprint density at radius 2 is 1.81 bits per heavy atom. The molecule has 0 radical (unpaired) electrons. The molecule has 0 aromatic heterocycles. The number of hydrogen-bond acceptors (Lipinski definition) is 4. The Morgan fingerprint density at radius 3 is 2.48 bits per heavy atom. The highest BCUT2D eigenvalue weighted by Gasteiger charge is 2.17. The first-order valence-corrected chi connectivity index (χ1v) is 10.3. The highest BCUT2D eigenvalue weighted by atomic mass is 16.5. The van der Waals surface area contributed by atoms with Gasteiger partial charge in [-0.3, -0.25) is 4.99 Å². The van der Waals surface area contributed by atoms with E-state index in [4.69, 9.17) is 4.74 Å². The molecule has 1 fully saturated rings. The molecule has 0 spiro atoms. The zero-order valence-corrected chi connectivity index (χ0v) is 17.3. The second-order valence-corrected chi connectivity index (χ2v) is 7.24. The molecule has 1 atom stereocenters. The van der Waals surface area contributed by atoms with E-state index in [0.717, 1.165) is 37.8 Å². The lowest BCUT2D eigenvalue weighted by molar-refractivity contribution is 0.124. The van der Waals surface area contributed by atoms with E-state index in [1.165, 1.54) is 32.7 Å². The fourth-order valence-corrected chi connectivity index (χ4v) is 3.27. The molecular weight excluding hydrogens is 338 g/mol. The Labute approximate surface area is 165 Å². The van der Waals surface area contributed by atoms with Gasteiger partial charge in [-0.2, -0.15) is 0 Å². The van der Waals surface area contributed by atoms with Crippen LogP contribution in [0, 0.1) is 5.92 Å². The van der Waals surface area contributed by atoms with Gasteiger partial charge < -0.3 is 25.2 Å². The average molecular weight is 376 g/mol. The third-order valence-corrected chi connectivity index (χ3v) is 4.95. The van der Waals surface area contributed by atoms with Gasteiger partial charge >= 0.3 is 0 Å². The molecule has 152 valence electrons. The summed E-state index contributed by atoms with van der Waals surface area (Å²) in [6.07, 6.45) is 0.937. The first-order chi connectivity index (χ1) is 13.2. The fraction of sp³-hybridized carbons (Fsp3) is 0.667. The Balaban J connectivity index is 1.54. The number of ether oxygens (including phenoxy) is 1. The van der Waals surface area contributed by atoms with Crippen LogP contribution in [0.15, 0.2) is 35.3 Å². The van der Waals surface area contributed by atoms with Gasteiger partial charge in [0, 0.05) is 52.9 Å². The predicted molar refractivity (Wildman–Crippen MR) is 114 cm³/mol. The molecule has 0 aliphatic carbocycles. The number of guanidine groups is 1. The van der Waals surface area contributed by atoms with Crippen LogP contribution in [0.25, 0.3) is 0 Å². The minimum absolute atomic E-state index is 0.596. The van der Waals surface area contributed by atoms with Crippen LogP contribution < -0.4 is 15.4 Å². The van der Waals surface area contributed by atoms with E-state index in [1.54, 1.807) is 0 Å². The summed E-state index contributed by atoms with van der Waals surface area (Å²) in [5.74, 6) is 2.39. The molecule has 2 rings (SSSR count). The third-order valence-electron chi connectivity index (χ3n) is 4.95. The van der Waals surface area contributed by atoms with E-state index >= 15 is 0 Å². The first-order valence-electron chi connectivity index (χ1n) is 10.3. The number of hydrogen-bond donors (Lipinski definition) is 2. The Hall–Kier alpha value is -1.79. The number of piperazine rings is 1. The van der Waals surface area contributed by atoms with Gasteiger partial charge in [-0.15, -0.1) is 0 Å². The monoisotopic (exact) mass is 375 g/mol. The standard InChI is InChI=1S/C21H37N5O/c1-4-25-12-14-26(15-13-25)18-19(2)17-24-21(22-3)23-11-8-16-27-20-9-6-5-7-10-20/h5-7,9-10,19H,4,8,11-18H2,1-3H3,(H2,22,23,24). The molecule has 1 aliphatic rings. The number of nitrogens with one attached hydrogen (secondary N) is 2. The van der Waals surface area contributed by atoms with Crippen molar-refractivity contribution in [3.05, 3.63) is 30.3 Å². The van der Waals surface area contributed by atoms with Crippen LogP contribution in [-0.4, -0.2) is 81.8 Å². The van der Waals surface area contributed by atoms with Crippen molar-refractivity contribution < 1.29 is 4.74 Å². The van der Waals surface area contributed by atoms with Crippen molar-refractivity contribution in [2.45, 2.75) is 20.3 Å². The molecule has 27 heavy (non-hydrogen) atoms. The molecule has 1 aromatic carbocycles. The number of aliphatic imine (C=N–C) groups is 1. The van der Waals surface area contributed by atoms with Crippen molar-refractivity contribution in [3.63, 3.8) is 0 Å². The molecule has 2 N–H and O–H groups in total. The number of rotatable bonds is 10. The summed E-state index contributed by atoms with van der Waals surface area (Å²) in [7, 11) is 1.82. The minimum atomic E-state index is 0.596. The third kappa shape index (κ3) is 8.63. The lowest BCUT2D eigenvalue weighted by Crippen LogP contribution is -2.48. The maximum absolute atomic E-state index is 5.71. The largest absolute Gasteiger partial charge is 0.494 e. The summed E-state index contributed by atoms with van der Waals surface area (Å²) in [4.78, 5) is 9.42. The smallest absolute Gasteiger partial charge is 0.190 e. The topological polar surface area (TPSA) is 52.1 Å². The van der Waals surface area contributed by atoms with E-state index in [9.17, 15) is 0 Å². The van der Waals surface area contributed by atoms with E-state index in [-0.39, 0.29) is 0 Å². The Kier molecular flexibility index (Phi) is 10.0. The summed E-state index contributed by atoms with van der Waals surface area (Å²) >= 11 is 0. The number of nitrogens with zero attached hydrogens (tertiary/aromatic N) is 3. The van der Waals surface area contributed by atoms with Crippen molar-refractivity contribution in [2.75, 3.05) is 66.0 Å². The van der Waals surface area contributed by atoms with Crippen LogP contribution in [0.1, 0.15) is 20.3 Å². The Bertz CT molecular complexity index is 529. The SMILES string of the molecule is CCN1CCN(CC(C)CNC(=NC)NCCCOc2ccccc2)CC1. The molecule has 0 bridgehead atoms. The van der Waals surface area contributed by atoms with Crippen molar-refractivity contribution in [3.8, 4) is 5.75 Å². The minimum Gasteiger partial charge on any atom is -0.494 e. The first kappa shape index (κ1) is 21.5. The van der Waals surface area contributed by atoms with Crippen LogP contribution in [0.2, 0.25) is 0 Å². The van der Waals surface area contributed by atoms with E-state index in [0.29, 0.717) is 12.5 Å². The molecule has 1 aliphatic heterocycles. The maximum atomic E-state index is 5.71. The van der Waals surface area contributed by atoms with Crippen LogP contribution in [0.3, 0.4) is 0 Å². The molecule has 0 amide bonds. The van der Waals surface area contributed by atoms with Crippen molar-refractivity contribution in [1.29, 1.82) is 0 Å². The van der Waals surface area contributed by atoms with Gasteiger partial charge in [0.1, 0.15) is 5.75 Å². The highest BCUT2D eigenvalue weighted by Crippen LogP contribution is 2.08. The van der Waals surface area contributed by atoms with Crippen molar-refractivity contribution in [1.82, 2.24) is 20.4 Å². The maximum Gasteiger partial charge on any atom is 0.190 e. The molecule has 6 nitrogen and oxygen atoms in total. The van der Waals surface area contributed by atoms with E-state index < -0.39 is 0 Å². The van der Waals surface area contributed by atoms with Crippen molar-refractivity contribution in [2.24, 2.45) is 10.9 Å². The predicted octanol–water partition coefficient (Wildman–Crippen LogP) is 1.89. The zero-order valence-electron chi connectivity index (χ0n) is 17.3. The van der Waals surface area contributed by atoms with Gasteiger partial charge in [0.25, 0.3) is 0 Å². The van der Waals surface area contributed by atoms with Gasteiger partial charge in [-0.25, -0.2) is 0 Å². The van der Waals surface area contributed by atoms with Crippen LogP contribution in [0.5, 0.6) is 5.75 Å². The number of para-hydroxylation sites is 1. The summed E-state index contributed by atoms with van der Waals surface area (Å²) in [5.41, 5.74) is 0. The van der Waals surface area contributed by atoms with Gasteiger partial charge in [0.15, 0.2) is 5.96 Å². The zero-order chi connectivity index (χ0) is 19.3. The van der Waals surface area contributed by atoms with Crippen LogP contribution in [-0.2, 0) is 0 Å². The molecule has 1 saturated heterocycles. The number of likely N-dealkylation sites (N-methyl/N-ethyl adjacent to an activating group) is 1. The van der Waals surface area contributed by atoms with Crippen molar-refractivity contribution >= 4 is 5.96 Å². The molecule has 0 saturated carbocycles. The summed E-state index contributed by atoms with van der Waals surface area (Å²) in [6, 6.07) is 9.94. The number of benzene rings is 1. The summed E-state index contributed by atoms with van der Waals surface area (Å²) in [6.45, 7) is 14.1. The molecule has 1 unspecified atom stereocenters. The molecule has 1 heterocycles. The second kappa shape index (κ2) is 12.6. The molecule has 6 heteroatoms. The van der Waals surface area contributed by atoms with Crippen LogP contribution >= 0.6 is 0 Å². The summed E-state index contributed by atoms with van der Waals surface area (Å²) in [5, 5.41) is 6.82. The highest BCUT2D eigenvalue weighted by molar-refractivity contribution is 5.79. The lowest BCUT2D eigenvalue weighted by atomic mass is 10.1. The van der Waals surface area contributed by atoms with Crippen LogP contribution in [0.4, 0.5) is 0 Å². The Morgan fingerprint density at radius 1 is 1.11 bits per heavy atom. The quantitative estimate of drug-likeness (QED) is 0.372. The lowest BCUT2D eigenvalue weighted by Gasteiger charge is -2.35. The second-order valence-electron chi connectivity index (χ2n) is 7.24. The molecule has 1 aromatic rings.